The third kappa shape index (κ3) is 4.36. The van der Waals surface area contributed by atoms with Gasteiger partial charge in [0, 0.05) is 17.6 Å². The number of hydrogen-bond donors (Lipinski definition) is 1. The molecule has 0 atom stereocenters. The number of carbonyl (C=O) groups is 1. The lowest BCUT2D eigenvalue weighted by Gasteiger charge is -2.09. The van der Waals surface area contributed by atoms with Crippen LogP contribution in [0, 0.1) is 5.82 Å². The second-order valence-corrected chi connectivity index (χ2v) is 7.96. The highest BCUT2D eigenvalue weighted by atomic mass is 35.5. The average Bonchev–Trinajstić information content (AvgIpc) is 3.46. The van der Waals surface area contributed by atoms with Crippen LogP contribution in [0.3, 0.4) is 0 Å². The van der Waals surface area contributed by atoms with Crippen LogP contribution in [0.5, 0.6) is 0 Å². The van der Waals surface area contributed by atoms with Crippen molar-refractivity contribution >= 4 is 29.3 Å². The summed E-state index contributed by atoms with van der Waals surface area (Å²) in [4.78, 5) is 12.2. The summed E-state index contributed by atoms with van der Waals surface area (Å²) >= 11 is 7.18. The van der Waals surface area contributed by atoms with Crippen molar-refractivity contribution in [2.75, 3.05) is 5.75 Å². The van der Waals surface area contributed by atoms with Crippen LogP contribution in [0.2, 0.25) is 5.02 Å². The average molecular weight is 417 g/mol. The van der Waals surface area contributed by atoms with Gasteiger partial charge in [0.15, 0.2) is 11.0 Å². The SMILES string of the molecule is O=C(CSc1nnc(-c2ccccc2F)n1C1CC1)NCc1ccc(Cl)cc1. The summed E-state index contributed by atoms with van der Waals surface area (Å²) in [6.45, 7) is 0.437. The van der Waals surface area contributed by atoms with Crippen LogP contribution in [0.15, 0.2) is 53.7 Å². The first-order valence-corrected chi connectivity index (χ1v) is 10.3. The Hall–Kier alpha value is -2.38. The molecule has 1 saturated carbocycles. The second-order valence-electron chi connectivity index (χ2n) is 6.58. The fourth-order valence-electron chi connectivity index (χ4n) is 2.85. The van der Waals surface area contributed by atoms with E-state index in [9.17, 15) is 9.18 Å². The minimum Gasteiger partial charge on any atom is -0.351 e. The molecule has 8 heteroatoms. The second kappa shape index (κ2) is 8.32. The number of benzene rings is 2. The van der Waals surface area contributed by atoms with E-state index in [1.807, 2.05) is 16.7 Å². The molecule has 3 aromatic rings. The monoisotopic (exact) mass is 416 g/mol. The van der Waals surface area contributed by atoms with Crippen molar-refractivity contribution < 1.29 is 9.18 Å². The molecule has 0 spiro atoms. The first-order chi connectivity index (χ1) is 13.6. The van der Waals surface area contributed by atoms with Crippen molar-refractivity contribution in [3.63, 3.8) is 0 Å². The molecular weight excluding hydrogens is 399 g/mol. The van der Waals surface area contributed by atoms with Crippen molar-refractivity contribution in [1.29, 1.82) is 0 Å². The first kappa shape index (κ1) is 19.0. The number of thioether (sulfide) groups is 1. The molecule has 0 bridgehead atoms. The van der Waals surface area contributed by atoms with Crippen molar-refractivity contribution in [3.05, 3.63) is 64.9 Å². The number of aromatic nitrogens is 3. The van der Waals surface area contributed by atoms with Gasteiger partial charge in [-0.25, -0.2) is 4.39 Å². The maximum Gasteiger partial charge on any atom is 0.230 e. The van der Waals surface area contributed by atoms with Crippen LogP contribution in [0.4, 0.5) is 4.39 Å². The molecule has 0 unspecified atom stereocenters. The van der Waals surface area contributed by atoms with Crippen molar-refractivity contribution in [2.45, 2.75) is 30.6 Å². The van der Waals surface area contributed by atoms with E-state index in [0.717, 1.165) is 18.4 Å². The van der Waals surface area contributed by atoms with Crippen molar-refractivity contribution in [2.24, 2.45) is 0 Å². The number of rotatable bonds is 7. The molecule has 1 amide bonds. The zero-order valence-corrected chi connectivity index (χ0v) is 16.5. The number of halogens is 2. The van der Waals surface area contributed by atoms with Gasteiger partial charge in [-0.3, -0.25) is 9.36 Å². The quantitative estimate of drug-likeness (QED) is 0.577. The third-order valence-corrected chi connectivity index (χ3v) is 5.62. The van der Waals surface area contributed by atoms with Gasteiger partial charge in [-0.15, -0.1) is 10.2 Å². The molecule has 0 radical (unpaired) electrons. The van der Waals surface area contributed by atoms with Gasteiger partial charge in [0.2, 0.25) is 5.91 Å². The predicted octanol–water partition coefficient (Wildman–Crippen LogP) is 4.48. The highest BCUT2D eigenvalue weighted by Crippen LogP contribution is 2.41. The van der Waals surface area contributed by atoms with Crippen LogP contribution in [-0.2, 0) is 11.3 Å². The Kier molecular flexibility index (Phi) is 5.64. The summed E-state index contributed by atoms with van der Waals surface area (Å²) in [6.07, 6.45) is 2.02. The summed E-state index contributed by atoms with van der Waals surface area (Å²) in [5.74, 6) is 0.312. The van der Waals surface area contributed by atoms with Crippen molar-refractivity contribution in [1.82, 2.24) is 20.1 Å². The maximum atomic E-state index is 14.2. The van der Waals surface area contributed by atoms with Gasteiger partial charge in [-0.1, -0.05) is 47.6 Å². The molecule has 0 aliphatic heterocycles. The fraction of sp³-hybridized carbons (Fsp3) is 0.250. The van der Waals surface area contributed by atoms with Crippen LogP contribution < -0.4 is 5.32 Å². The minimum absolute atomic E-state index is 0.0993. The molecule has 1 heterocycles. The molecular formula is C20H18ClFN4OS. The number of carbonyl (C=O) groups excluding carboxylic acids is 1. The molecule has 0 saturated heterocycles. The Labute approximate surface area is 171 Å². The van der Waals surface area contributed by atoms with E-state index in [2.05, 4.69) is 15.5 Å². The Bertz CT molecular complexity index is 988. The highest BCUT2D eigenvalue weighted by molar-refractivity contribution is 7.99. The smallest absolute Gasteiger partial charge is 0.230 e. The molecule has 5 nitrogen and oxygen atoms in total. The molecule has 1 aliphatic rings. The summed E-state index contributed by atoms with van der Waals surface area (Å²) in [6, 6.07) is 14.1. The Morgan fingerprint density at radius 3 is 2.64 bits per heavy atom. The number of hydrogen-bond acceptors (Lipinski definition) is 4. The van der Waals surface area contributed by atoms with Crippen LogP contribution in [-0.4, -0.2) is 26.4 Å². The molecule has 4 rings (SSSR count). The maximum absolute atomic E-state index is 14.2. The van der Waals surface area contributed by atoms with Gasteiger partial charge in [-0.2, -0.15) is 0 Å². The Morgan fingerprint density at radius 1 is 1.18 bits per heavy atom. The Morgan fingerprint density at radius 2 is 1.93 bits per heavy atom. The third-order valence-electron chi connectivity index (χ3n) is 4.43. The number of amides is 1. The van der Waals surface area contributed by atoms with Gasteiger partial charge in [0.1, 0.15) is 5.82 Å². The highest BCUT2D eigenvalue weighted by Gasteiger charge is 2.31. The molecule has 28 heavy (non-hydrogen) atoms. The van der Waals surface area contributed by atoms with Gasteiger partial charge in [-0.05, 0) is 42.7 Å². The zero-order chi connectivity index (χ0) is 19.5. The van der Waals surface area contributed by atoms with E-state index < -0.39 is 0 Å². The Balaban J connectivity index is 1.41. The van der Waals surface area contributed by atoms with E-state index in [4.69, 9.17) is 11.6 Å². The number of nitrogens with zero attached hydrogens (tertiary/aromatic N) is 3. The molecule has 1 fully saturated rings. The zero-order valence-electron chi connectivity index (χ0n) is 14.9. The van der Waals surface area contributed by atoms with E-state index in [-0.39, 0.29) is 23.5 Å². The molecule has 144 valence electrons. The molecule has 2 aromatic carbocycles. The molecule has 1 N–H and O–H groups in total. The lowest BCUT2D eigenvalue weighted by atomic mass is 10.2. The van der Waals surface area contributed by atoms with E-state index in [1.54, 1.807) is 30.3 Å². The normalized spacial score (nSPS) is 13.5. The van der Waals surface area contributed by atoms with Crippen LogP contribution in [0.25, 0.3) is 11.4 Å². The van der Waals surface area contributed by atoms with Crippen molar-refractivity contribution in [3.8, 4) is 11.4 Å². The molecule has 1 aliphatic carbocycles. The predicted molar refractivity (Wildman–Crippen MR) is 108 cm³/mol. The van der Waals surface area contributed by atoms with Gasteiger partial charge >= 0.3 is 0 Å². The van der Waals surface area contributed by atoms with Gasteiger partial charge in [0.05, 0.1) is 11.3 Å². The first-order valence-electron chi connectivity index (χ1n) is 8.95. The topological polar surface area (TPSA) is 59.8 Å². The van der Waals surface area contributed by atoms with Crippen LogP contribution in [0.1, 0.15) is 24.4 Å². The standard InChI is InChI=1S/C20H18ClFN4OS/c21-14-7-5-13(6-8-14)11-23-18(27)12-28-20-25-24-19(26(20)15-9-10-15)16-3-1-2-4-17(16)22/h1-8,15H,9-12H2,(H,23,27). The number of nitrogens with one attached hydrogen (secondary N) is 1. The van der Waals surface area contributed by atoms with E-state index in [0.29, 0.717) is 28.1 Å². The van der Waals surface area contributed by atoms with Crippen LogP contribution >= 0.6 is 23.4 Å². The fourth-order valence-corrected chi connectivity index (χ4v) is 3.81. The van der Waals surface area contributed by atoms with E-state index >= 15 is 0 Å². The lowest BCUT2D eigenvalue weighted by Crippen LogP contribution is -2.24. The minimum atomic E-state index is -0.325. The van der Waals surface area contributed by atoms with E-state index in [1.165, 1.54) is 17.8 Å². The molecule has 1 aromatic heterocycles. The largest absolute Gasteiger partial charge is 0.351 e. The summed E-state index contributed by atoms with van der Waals surface area (Å²) in [7, 11) is 0. The van der Waals surface area contributed by atoms with Gasteiger partial charge < -0.3 is 5.32 Å². The lowest BCUT2D eigenvalue weighted by molar-refractivity contribution is -0.118. The summed E-state index contributed by atoms with van der Waals surface area (Å²) < 4.78 is 16.1. The summed E-state index contributed by atoms with van der Waals surface area (Å²) in [5, 5.41) is 12.6. The summed E-state index contributed by atoms with van der Waals surface area (Å²) in [5.41, 5.74) is 1.41. The van der Waals surface area contributed by atoms with Gasteiger partial charge in [0.25, 0.3) is 0 Å².